The number of rotatable bonds is 4. The fourth-order valence-corrected chi connectivity index (χ4v) is 2.42. The summed E-state index contributed by atoms with van der Waals surface area (Å²) < 4.78 is 0. The number of thiophene rings is 1. The van der Waals surface area contributed by atoms with Crippen LogP contribution in [0.4, 0.5) is 0 Å². The molecule has 0 aliphatic rings. The van der Waals surface area contributed by atoms with Crippen LogP contribution in [0.1, 0.15) is 41.1 Å². The molecule has 0 saturated carbocycles. The summed E-state index contributed by atoms with van der Waals surface area (Å²) in [5.41, 5.74) is 2.63. The molecule has 1 heterocycles. The van der Waals surface area contributed by atoms with Gasteiger partial charge in [-0.05, 0) is 29.3 Å². The van der Waals surface area contributed by atoms with E-state index in [0.29, 0.717) is 0 Å². The molecule has 2 heteroatoms. The van der Waals surface area contributed by atoms with Gasteiger partial charge in [-0.25, -0.2) is 0 Å². The second-order valence-electron chi connectivity index (χ2n) is 2.83. The molecule has 0 unspecified atom stereocenters. The maximum atomic E-state index is 10.6. The molecule has 1 rings (SSSR count). The molecule has 1 aromatic rings. The van der Waals surface area contributed by atoms with Crippen LogP contribution in [0.3, 0.4) is 0 Å². The SMILES string of the molecule is CCCc1csc(C=O)c1CC. The van der Waals surface area contributed by atoms with Crippen LogP contribution < -0.4 is 0 Å². The summed E-state index contributed by atoms with van der Waals surface area (Å²) in [6.07, 6.45) is 4.21. The van der Waals surface area contributed by atoms with E-state index in [2.05, 4.69) is 19.2 Å². The van der Waals surface area contributed by atoms with Crippen LogP contribution in [0.25, 0.3) is 0 Å². The smallest absolute Gasteiger partial charge is 0.160 e. The zero-order valence-corrected chi connectivity index (χ0v) is 8.41. The minimum absolute atomic E-state index is 0.918. The molecule has 0 atom stereocenters. The van der Waals surface area contributed by atoms with E-state index >= 15 is 0 Å². The first-order chi connectivity index (χ1) is 5.83. The lowest BCUT2D eigenvalue weighted by Crippen LogP contribution is -1.90. The van der Waals surface area contributed by atoms with Crippen molar-refractivity contribution in [2.45, 2.75) is 33.1 Å². The molecule has 0 radical (unpaired) electrons. The van der Waals surface area contributed by atoms with E-state index in [9.17, 15) is 4.79 Å². The Labute approximate surface area is 77.4 Å². The summed E-state index contributed by atoms with van der Waals surface area (Å²) in [6.45, 7) is 4.27. The second-order valence-corrected chi connectivity index (χ2v) is 3.74. The number of hydrogen-bond donors (Lipinski definition) is 0. The molecule has 0 aromatic carbocycles. The summed E-state index contributed by atoms with van der Waals surface area (Å²) in [5, 5.41) is 2.12. The molecule has 12 heavy (non-hydrogen) atoms. The normalized spacial score (nSPS) is 10.2. The standard InChI is InChI=1S/C10H14OS/c1-3-5-8-7-12-10(6-11)9(8)4-2/h6-7H,3-5H2,1-2H3. The maximum absolute atomic E-state index is 10.6. The van der Waals surface area contributed by atoms with E-state index in [1.807, 2.05) is 0 Å². The van der Waals surface area contributed by atoms with E-state index < -0.39 is 0 Å². The van der Waals surface area contributed by atoms with Crippen LogP contribution in [0.5, 0.6) is 0 Å². The fourth-order valence-electron chi connectivity index (χ4n) is 1.41. The molecule has 0 bridgehead atoms. The molecule has 66 valence electrons. The maximum Gasteiger partial charge on any atom is 0.160 e. The minimum atomic E-state index is 0.918. The second kappa shape index (κ2) is 4.41. The van der Waals surface area contributed by atoms with Crippen molar-refractivity contribution in [3.8, 4) is 0 Å². The third-order valence-corrected chi connectivity index (χ3v) is 2.99. The molecule has 0 spiro atoms. The van der Waals surface area contributed by atoms with E-state index in [4.69, 9.17) is 0 Å². The number of carbonyl (C=O) groups excluding carboxylic acids is 1. The van der Waals surface area contributed by atoms with Crippen molar-refractivity contribution in [1.82, 2.24) is 0 Å². The topological polar surface area (TPSA) is 17.1 Å². The lowest BCUT2D eigenvalue weighted by molar-refractivity contribution is 0.112. The van der Waals surface area contributed by atoms with E-state index in [1.165, 1.54) is 11.1 Å². The van der Waals surface area contributed by atoms with E-state index in [-0.39, 0.29) is 0 Å². The first-order valence-electron chi connectivity index (χ1n) is 4.37. The van der Waals surface area contributed by atoms with Gasteiger partial charge in [-0.15, -0.1) is 11.3 Å². The van der Waals surface area contributed by atoms with Gasteiger partial charge in [0.25, 0.3) is 0 Å². The van der Waals surface area contributed by atoms with Crippen molar-refractivity contribution in [3.05, 3.63) is 21.4 Å². The Morgan fingerprint density at radius 1 is 1.50 bits per heavy atom. The highest BCUT2D eigenvalue weighted by molar-refractivity contribution is 7.12. The highest BCUT2D eigenvalue weighted by Gasteiger charge is 2.07. The summed E-state index contributed by atoms with van der Waals surface area (Å²) >= 11 is 1.57. The Bertz CT molecular complexity index is 263. The molecule has 0 fully saturated rings. The van der Waals surface area contributed by atoms with E-state index in [1.54, 1.807) is 11.3 Å². The van der Waals surface area contributed by atoms with Crippen LogP contribution in [0.2, 0.25) is 0 Å². The van der Waals surface area contributed by atoms with Gasteiger partial charge in [0.15, 0.2) is 6.29 Å². The molecule has 0 aliphatic heterocycles. The fraction of sp³-hybridized carbons (Fsp3) is 0.500. The van der Waals surface area contributed by atoms with Crippen LogP contribution >= 0.6 is 11.3 Å². The highest BCUT2D eigenvalue weighted by Crippen LogP contribution is 2.22. The average molecular weight is 182 g/mol. The lowest BCUT2D eigenvalue weighted by atomic mass is 10.1. The number of aldehydes is 1. The van der Waals surface area contributed by atoms with Gasteiger partial charge >= 0.3 is 0 Å². The lowest BCUT2D eigenvalue weighted by Gasteiger charge is -1.99. The summed E-state index contributed by atoms with van der Waals surface area (Å²) in [5.74, 6) is 0. The monoisotopic (exact) mass is 182 g/mol. The average Bonchev–Trinajstić information content (AvgIpc) is 2.47. The zero-order valence-electron chi connectivity index (χ0n) is 7.59. The Hall–Kier alpha value is -0.630. The molecule has 0 amide bonds. The van der Waals surface area contributed by atoms with Crippen LogP contribution in [0, 0.1) is 0 Å². The first-order valence-corrected chi connectivity index (χ1v) is 5.25. The van der Waals surface area contributed by atoms with Crippen LogP contribution in [0.15, 0.2) is 5.38 Å². The molecule has 1 nitrogen and oxygen atoms in total. The quantitative estimate of drug-likeness (QED) is 0.654. The van der Waals surface area contributed by atoms with Crippen molar-refractivity contribution >= 4 is 17.6 Å². The van der Waals surface area contributed by atoms with Crippen molar-refractivity contribution in [2.24, 2.45) is 0 Å². The highest BCUT2D eigenvalue weighted by atomic mass is 32.1. The Balaban J connectivity index is 2.96. The van der Waals surface area contributed by atoms with Gasteiger partial charge < -0.3 is 0 Å². The van der Waals surface area contributed by atoms with Gasteiger partial charge in [-0.3, -0.25) is 4.79 Å². The Morgan fingerprint density at radius 2 is 2.25 bits per heavy atom. The van der Waals surface area contributed by atoms with Gasteiger partial charge in [-0.1, -0.05) is 20.3 Å². The number of carbonyl (C=O) groups is 1. The van der Waals surface area contributed by atoms with Crippen molar-refractivity contribution in [2.75, 3.05) is 0 Å². The van der Waals surface area contributed by atoms with Gasteiger partial charge in [0.05, 0.1) is 4.88 Å². The summed E-state index contributed by atoms with van der Waals surface area (Å²) in [6, 6.07) is 0. The Morgan fingerprint density at radius 3 is 2.75 bits per heavy atom. The summed E-state index contributed by atoms with van der Waals surface area (Å²) in [4.78, 5) is 11.5. The van der Waals surface area contributed by atoms with Crippen molar-refractivity contribution in [3.63, 3.8) is 0 Å². The predicted molar refractivity (Wildman–Crippen MR) is 53.1 cm³/mol. The molecule has 0 saturated heterocycles. The molecule has 0 N–H and O–H groups in total. The summed E-state index contributed by atoms with van der Waals surface area (Å²) in [7, 11) is 0. The third kappa shape index (κ3) is 1.75. The molecule has 1 aromatic heterocycles. The van der Waals surface area contributed by atoms with Crippen LogP contribution in [-0.4, -0.2) is 6.29 Å². The van der Waals surface area contributed by atoms with Gasteiger partial charge in [0, 0.05) is 0 Å². The third-order valence-electron chi connectivity index (χ3n) is 1.99. The Kier molecular flexibility index (Phi) is 3.48. The largest absolute Gasteiger partial charge is 0.297 e. The number of aryl methyl sites for hydroxylation is 1. The van der Waals surface area contributed by atoms with Crippen LogP contribution in [-0.2, 0) is 12.8 Å². The van der Waals surface area contributed by atoms with E-state index in [0.717, 1.165) is 30.4 Å². The molecule has 0 aliphatic carbocycles. The molecular weight excluding hydrogens is 168 g/mol. The van der Waals surface area contributed by atoms with Gasteiger partial charge in [0.1, 0.15) is 0 Å². The minimum Gasteiger partial charge on any atom is -0.297 e. The van der Waals surface area contributed by atoms with Crippen molar-refractivity contribution < 1.29 is 4.79 Å². The van der Waals surface area contributed by atoms with Gasteiger partial charge in [-0.2, -0.15) is 0 Å². The predicted octanol–water partition coefficient (Wildman–Crippen LogP) is 3.08. The first kappa shape index (κ1) is 9.46. The molecular formula is C10H14OS. The van der Waals surface area contributed by atoms with Gasteiger partial charge in [0.2, 0.25) is 0 Å². The number of hydrogen-bond acceptors (Lipinski definition) is 2. The van der Waals surface area contributed by atoms with Crippen molar-refractivity contribution in [1.29, 1.82) is 0 Å². The zero-order chi connectivity index (χ0) is 8.97.